The summed E-state index contributed by atoms with van der Waals surface area (Å²) in [5, 5.41) is 5.91. The van der Waals surface area contributed by atoms with E-state index in [1.807, 2.05) is 37.1 Å². The number of rotatable bonds is 9. The summed E-state index contributed by atoms with van der Waals surface area (Å²) < 4.78 is 10.6. The van der Waals surface area contributed by atoms with Crippen LogP contribution in [0.25, 0.3) is 0 Å². The molecule has 0 aliphatic carbocycles. The molecule has 0 spiro atoms. The Kier molecular flexibility index (Phi) is 9.21. The molecule has 1 rings (SSSR count). The van der Waals surface area contributed by atoms with Gasteiger partial charge in [0.1, 0.15) is 0 Å². The van der Waals surface area contributed by atoms with Gasteiger partial charge in [0.05, 0.1) is 20.8 Å². The number of aliphatic imine (C=N–C) groups is 1. The van der Waals surface area contributed by atoms with Gasteiger partial charge in [0, 0.05) is 27.2 Å². The van der Waals surface area contributed by atoms with Crippen LogP contribution in [0.2, 0.25) is 0 Å². The van der Waals surface area contributed by atoms with E-state index < -0.39 is 0 Å². The van der Waals surface area contributed by atoms with Crippen LogP contribution in [0.5, 0.6) is 11.5 Å². The second-order valence-corrected chi connectivity index (χ2v) is 5.61. The van der Waals surface area contributed by atoms with Crippen molar-refractivity contribution < 1.29 is 14.3 Å². The maximum Gasteiger partial charge on any atom is 0.239 e. The van der Waals surface area contributed by atoms with Crippen LogP contribution in [0.1, 0.15) is 18.9 Å². The fraction of sp³-hybridized carbons (Fsp3) is 0.556. The van der Waals surface area contributed by atoms with Gasteiger partial charge in [0.25, 0.3) is 0 Å². The number of hydrogen-bond donors (Lipinski definition) is 2. The Morgan fingerprint density at radius 3 is 2.52 bits per heavy atom. The molecule has 0 bridgehead atoms. The molecular weight excluding hydrogens is 320 g/mol. The minimum absolute atomic E-state index is 0.0312. The van der Waals surface area contributed by atoms with Crippen molar-refractivity contribution >= 4 is 11.9 Å². The van der Waals surface area contributed by atoms with Gasteiger partial charge in [-0.3, -0.25) is 9.79 Å². The van der Waals surface area contributed by atoms with Crippen LogP contribution in [-0.2, 0) is 11.2 Å². The summed E-state index contributed by atoms with van der Waals surface area (Å²) in [6.45, 7) is 3.68. The second kappa shape index (κ2) is 11.2. The first kappa shape index (κ1) is 20.6. The van der Waals surface area contributed by atoms with Gasteiger partial charge < -0.3 is 25.0 Å². The number of nitrogens with one attached hydrogen (secondary N) is 2. The Balaban J connectivity index is 2.53. The summed E-state index contributed by atoms with van der Waals surface area (Å²) in [6, 6.07) is 5.89. The molecule has 1 aromatic rings. The van der Waals surface area contributed by atoms with Crippen molar-refractivity contribution in [3.05, 3.63) is 23.8 Å². The van der Waals surface area contributed by atoms with Crippen LogP contribution in [0.4, 0.5) is 0 Å². The fourth-order valence-corrected chi connectivity index (χ4v) is 2.31. The van der Waals surface area contributed by atoms with Crippen molar-refractivity contribution in [3.63, 3.8) is 0 Å². The standard InChI is InChI=1S/C18H30N4O3/c1-6-10-20-17(23)13-21-18(19-2)22(3)11-9-14-7-8-15(24-4)16(12-14)25-5/h7-8,12H,6,9-11,13H2,1-5H3,(H,19,21)(H,20,23). The van der Waals surface area contributed by atoms with Crippen LogP contribution >= 0.6 is 0 Å². The van der Waals surface area contributed by atoms with Gasteiger partial charge in [-0.05, 0) is 30.5 Å². The first-order valence-corrected chi connectivity index (χ1v) is 8.45. The lowest BCUT2D eigenvalue weighted by molar-refractivity contribution is -0.120. The maximum atomic E-state index is 11.7. The molecule has 0 radical (unpaired) electrons. The van der Waals surface area contributed by atoms with Gasteiger partial charge in [0.2, 0.25) is 5.91 Å². The van der Waals surface area contributed by atoms with Gasteiger partial charge in [0.15, 0.2) is 17.5 Å². The molecule has 7 nitrogen and oxygen atoms in total. The predicted octanol–water partition coefficient (Wildman–Crippen LogP) is 1.28. The zero-order valence-corrected chi connectivity index (χ0v) is 15.9. The molecule has 2 N–H and O–H groups in total. The quantitative estimate of drug-likeness (QED) is 0.518. The van der Waals surface area contributed by atoms with Gasteiger partial charge in [-0.15, -0.1) is 0 Å². The molecule has 140 valence electrons. The van der Waals surface area contributed by atoms with Gasteiger partial charge in [-0.1, -0.05) is 13.0 Å². The zero-order chi connectivity index (χ0) is 18.7. The highest BCUT2D eigenvalue weighted by Gasteiger charge is 2.09. The van der Waals surface area contributed by atoms with Crippen LogP contribution in [0.3, 0.4) is 0 Å². The highest BCUT2D eigenvalue weighted by atomic mass is 16.5. The van der Waals surface area contributed by atoms with Gasteiger partial charge >= 0.3 is 0 Å². The molecule has 1 aromatic carbocycles. The molecule has 1 amide bonds. The summed E-state index contributed by atoms with van der Waals surface area (Å²) in [5.41, 5.74) is 1.14. The molecule has 0 aliphatic heterocycles. The molecule has 0 saturated heterocycles. The molecule has 0 aromatic heterocycles. The van der Waals surface area contributed by atoms with Crippen molar-refractivity contribution in [3.8, 4) is 11.5 Å². The second-order valence-electron chi connectivity index (χ2n) is 5.61. The molecule has 7 heteroatoms. The fourth-order valence-electron chi connectivity index (χ4n) is 2.31. The average molecular weight is 350 g/mol. The number of likely N-dealkylation sites (N-methyl/N-ethyl adjacent to an activating group) is 1. The summed E-state index contributed by atoms with van der Waals surface area (Å²) in [6.07, 6.45) is 1.74. The van der Waals surface area contributed by atoms with Crippen LogP contribution in [0.15, 0.2) is 23.2 Å². The van der Waals surface area contributed by atoms with Crippen molar-refractivity contribution in [2.24, 2.45) is 4.99 Å². The van der Waals surface area contributed by atoms with E-state index in [2.05, 4.69) is 15.6 Å². The number of nitrogens with zero attached hydrogens (tertiary/aromatic N) is 2. The number of methoxy groups -OCH3 is 2. The molecular formula is C18H30N4O3. The highest BCUT2D eigenvalue weighted by molar-refractivity contribution is 5.86. The van der Waals surface area contributed by atoms with E-state index in [1.54, 1.807) is 21.3 Å². The minimum Gasteiger partial charge on any atom is -0.493 e. The lowest BCUT2D eigenvalue weighted by Crippen LogP contribution is -2.44. The monoisotopic (exact) mass is 350 g/mol. The van der Waals surface area contributed by atoms with E-state index in [0.29, 0.717) is 12.5 Å². The number of ether oxygens (including phenoxy) is 2. The van der Waals surface area contributed by atoms with Crippen molar-refractivity contribution in [1.29, 1.82) is 0 Å². The molecule has 0 unspecified atom stereocenters. The van der Waals surface area contributed by atoms with Crippen LogP contribution in [-0.4, -0.2) is 64.7 Å². The first-order chi connectivity index (χ1) is 12.0. The Labute approximate surface area is 150 Å². The zero-order valence-electron chi connectivity index (χ0n) is 15.9. The number of carbonyl (C=O) groups is 1. The van der Waals surface area contributed by atoms with Crippen molar-refractivity contribution in [2.75, 3.05) is 47.9 Å². The van der Waals surface area contributed by atoms with Gasteiger partial charge in [-0.2, -0.15) is 0 Å². The third-order valence-corrected chi connectivity index (χ3v) is 3.74. The van der Waals surface area contributed by atoms with Gasteiger partial charge in [-0.25, -0.2) is 0 Å². The van der Waals surface area contributed by atoms with E-state index in [-0.39, 0.29) is 12.5 Å². The van der Waals surface area contributed by atoms with E-state index in [1.165, 1.54) is 0 Å². The topological polar surface area (TPSA) is 75.2 Å². The Morgan fingerprint density at radius 2 is 1.92 bits per heavy atom. The largest absolute Gasteiger partial charge is 0.493 e. The number of carbonyl (C=O) groups excluding carboxylic acids is 1. The number of benzene rings is 1. The normalized spacial score (nSPS) is 11.0. The molecule has 0 heterocycles. The number of guanidine groups is 1. The average Bonchev–Trinajstić information content (AvgIpc) is 2.64. The van der Waals surface area contributed by atoms with E-state index in [0.717, 1.165) is 36.4 Å². The summed E-state index contributed by atoms with van der Waals surface area (Å²) in [5.74, 6) is 2.09. The molecule has 0 aliphatic rings. The van der Waals surface area contributed by atoms with E-state index >= 15 is 0 Å². The Bertz CT molecular complexity index is 575. The molecule has 0 atom stereocenters. The smallest absolute Gasteiger partial charge is 0.239 e. The maximum absolute atomic E-state index is 11.7. The molecule has 0 fully saturated rings. The van der Waals surface area contributed by atoms with Crippen LogP contribution in [0, 0.1) is 0 Å². The number of hydrogen-bond acceptors (Lipinski definition) is 4. The highest BCUT2D eigenvalue weighted by Crippen LogP contribution is 2.27. The Hall–Kier alpha value is -2.44. The SMILES string of the molecule is CCCNC(=O)CNC(=NC)N(C)CCc1ccc(OC)c(OC)c1. The number of amides is 1. The third kappa shape index (κ3) is 6.91. The van der Waals surface area contributed by atoms with E-state index in [4.69, 9.17) is 9.47 Å². The summed E-state index contributed by atoms with van der Waals surface area (Å²) in [7, 11) is 6.90. The molecule has 25 heavy (non-hydrogen) atoms. The van der Waals surface area contributed by atoms with Crippen molar-refractivity contribution in [2.45, 2.75) is 19.8 Å². The summed E-state index contributed by atoms with van der Waals surface area (Å²) >= 11 is 0. The summed E-state index contributed by atoms with van der Waals surface area (Å²) in [4.78, 5) is 17.9. The van der Waals surface area contributed by atoms with E-state index in [9.17, 15) is 4.79 Å². The lowest BCUT2D eigenvalue weighted by Gasteiger charge is -2.22. The Morgan fingerprint density at radius 1 is 1.20 bits per heavy atom. The van der Waals surface area contributed by atoms with Crippen LogP contribution < -0.4 is 20.1 Å². The lowest BCUT2D eigenvalue weighted by atomic mass is 10.1. The third-order valence-electron chi connectivity index (χ3n) is 3.74. The first-order valence-electron chi connectivity index (χ1n) is 8.45. The van der Waals surface area contributed by atoms with Crippen molar-refractivity contribution in [1.82, 2.24) is 15.5 Å². The predicted molar refractivity (Wildman–Crippen MR) is 101 cm³/mol. The minimum atomic E-state index is -0.0312. The molecule has 0 saturated carbocycles.